The van der Waals surface area contributed by atoms with E-state index in [0.29, 0.717) is 0 Å². The first-order valence-electron chi connectivity index (χ1n) is 4.72. The molecule has 0 rings (SSSR count). The molecule has 0 aromatic heterocycles. The Labute approximate surface area is 89.7 Å². The van der Waals surface area contributed by atoms with Gasteiger partial charge >= 0.3 is 0 Å². The number of unbranched alkanes of at least 4 members (excludes halogenated alkanes) is 4. The monoisotopic (exact) mass is 208 g/mol. The van der Waals surface area contributed by atoms with Crippen LogP contribution in [0.1, 0.15) is 46.0 Å². The minimum atomic E-state index is 0. The van der Waals surface area contributed by atoms with Gasteiger partial charge in [-0.25, -0.2) is 0 Å². The molecule has 73 valence electrons. The van der Waals surface area contributed by atoms with Crippen LogP contribution in [-0.4, -0.2) is 6.54 Å². The summed E-state index contributed by atoms with van der Waals surface area (Å²) in [6, 6.07) is 0. The zero-order valence-corrected chi connectivity index (χ0v) is 9.95. The number of hydrogen-bond acceptors (Lipinski definition) is 1. The summed E-state index contributed by atoms with van der Waals surface area (Å²) in [6.45, 7) is 8.50. The van der Waals surface area contributed by atoms with E-state index in [9.17, 15) is 0 Å². The molecule has 0 atom stereocenters. The van der Waals surface area contributed by atoms with Crippen LogP contribution in [-0.2, 0) is 18.6 Å². The van der Waals surface area contributed by atoms with Crippen LogP contribution in [0.25, 0.3) is 0 Å². The molecule has 2 heteroatoms. The Morgan fingerprint density at radius 3 is 2.00 bits per heavy atom. The summed E-state index contributed by atoms with van der Waals surface area (Å²) < 4.78 is 0. The van der Waals surface area contributed by atoms with Crippen LogP contribution >= 0.6 is 0 Å². The number of allylic oxidation sites excluding steroid dienone is 1. The summed E-state index contributed by atoms with van der Waals surface area (Å²) in [5, 5.41) is 0. The fraction of sp³-hybridized carbons (Fsp3) is 0.800. The second-order valence-electron chi connectivity index (χ2n) is 2.28. The summed E-state index contributed by atoms with van der Waals surface area (Å²) in [4.78, 5) is 0. The first-order valence-corrected chi connectivity index (χ1v) is 4.72. The topological polar surface area (TPSA) is 26.0 Å². The van der Waals surface area contributed by atoms with Gasteiger partial charge in [-0.2, -0.15) is 0 Å². The maximum atomic E-state index is 5.32. The van der Waals surface area contributed by atoms with Gasteiger partial charge in [0.25, 0.3) is 0 Å². The van der Waals surface area contributed by atoms with E-state index >= 15 is 0 Å². The van der Waals surface area contributed by atoms with Crippen LogP contribution in [0.4, 0.5) is 0 Å². The Balaban J connectivity index is -0.000000249. The molecule has 12 heavy (non-hydrogen) atoms. The molecule has 0 saturated carbocycles. The van der Waals surface area contributed by atoms with E-state index in [1.54, 1.807) is 0 Å². The van der Waals surface area contributed by atoms with Gasteiger partial charge in [0.1, 0.15) is 0 Å². The van der Waals surface area contributed by atoms with E-state index < -0.39 is 0 Å². The largest absolute Gasteiger partial charge is 0.330 e. The van der Waals surface area contributed by atoms with Gasteiger partial charge in [0.2, 0.25) is 0 Å². The molecule has 0 saturated heterocycles. The molecule has 1 radical (unpaired) electrons. The van der Waals surface area contributed by atoms with Gasteiger partial charge < -0.3 is 5.73 Å². The zero-order chi connectivity index (χ0) is 8.95. The van der Waals surface area contributed by atoms with Crippen molar-refractivity contribution in [3.05, 3.63) is 12.7 Å². The van der Waals surface area contributed by atoms with E-state index in [4.69, 9.17) is 5.73 Å². The molecule has 0 aliphatic rings. The smallest absolute Gasteiger partial charge is 0 e. The summed E-state index contributed by atoms with van der Waals surface area (Å²) in [5.41, 5.74) is 5.32. The van der Waals surface area contributed by atoms with Crippen molar-refractivity contribution in [2.24, 2.45) is 5.73 Å². The molecule has 0 heterocycles. The van der Waals surface area contributed by atoms with Gasteiger partial charge in [-0.1, -0.05) is 32.8 Å². The summed E-state index contributed by atoms with van der Waals surface area (Å²) >= 11 is 0. The average Bonchev–Trinajstić information content (AvgIpc) is 2.08. The number of rotatable bonds is 6. The molecule has 0 aliphatic carbocycles. The van der Waals surface area contributed by atoms with Gasteiger partial charge in [0.05, 0.1) is 0 Å². The minimum Gasteiger partial charge on any atom is -0.330 e. The Morgan fingerprint density at radius 2 is 1.58 bits per heavy atom. The second-order valence-corrected chi connectivity index (χ2v) is 2.28. The van der Waals surface area contributed by atoms with Crippen molar-refractivity contribution in [3.8, 4) is 0 Å². The van der Waals surface area contributed by atoms with E-state index in [2.05, 4.69) is 6.58 Å². The molecule has 0 aliphatic heterocycles. The Hall–Kier alpha value is 0.284. The van der Waals surface area contributed by atoms with Gasteiger partial charge in [0.15, 0.2) is 0 Å². The van der Waals surface area contributed by atoms with Crippen molar-refractivity contribution >= 4 is 0 Å². The van der Waals surface area contributed by atoms with E-state index in [0.717, 1.165) is 13.0 Å². The number of nitrogens with two attached hydrogens (primary N) is 1. The fourth-order valence-electron chi connectivity index (χ4n) is 0.787. The van der Waals surface area contributed by atoms with Crippen LogP contribution in [0.15, 0.2) is 12.7 Å². The maximum absolute atomic E-state index is 5.32. The fourth-order valence-corrected chi connectivity index (χ4v) is 0.787. The normalized spacial score (nSPS) is 7.58. The first kappa shape index (κ1) is 18.1. The Morgan fingerprint density at radius 1 is 1.08 bits per heavy atom. The van der Waals surface area contributed by atoms with Gasteiger partial charge in [-0.15, -0.1) is 6.58 Å². The predicted molar refractivity (Wildman–Crippen MR) is 53.7 cm³/mol. The third kappa shape index (κ3) is 22.4. The zero-order valence-electron chi connectivity index (χ0n) is 8.55. The van der Waals surface area contributed by atoms with Gasteiger partial charge in [-0.05, 0) is 25.8 Å². The third-order valence-electron chi connectivity index (χ3n) is 1.36. The second kappa shape index (κ2) is 22.5. The average molecular weight is 208 g/mol. The predicted octanol–water partition coefficient (Wildman–Crippen LogP) is 3.11. The van der Waals surface area contributed by atoms with E-state index in [1.807, 2.05) is 19.9 Å². The van der Waals surface area contributed by atoms with Crippen molar-refractivity contribution < 1.29 is 18.6 Å². The van der Waals surface area contributed by atoms with Gasteiger partial charge in [-0.3, -0.25) is 0 Å². The van der Waals surface area contributed by atoms with Crippen LogP contribution in [0, 0.1) is 0 Å². The molecule has 0 amide bonds. The Kier molecular flexibility index (Phi) is 34.0. The van der Waals surface area contributed by atoms with Crippen molar-refractivity contribution in [2.45, 2.75) is 46.0 Å². The molecule has 0 bridgehead atoms. The van der Waals surface area contributed by atoms with E-state index in [1.165, 1.54) is 25.7 Å². The molecule has 0 aromatic carbocycles. The summed E-state index contributed by atoms with van der Waals surface area (Å²) in [6.07, 6.45) is 8.18. The van der Waals surface area contributed by atoms with Crippen molar-refractivity contribution in [2.75, 3.05) is 6.54 Å². The molecule has 1 nitrogen and oxygen atoms in total. The van der Waals surface area contributed by atoms with Crippen LogP contribution in [0.5, 0.6) is 0 Å². The first-order chi connectivity index (χ1) is 5.41. The SMILES string of the molecule is C=CCCCCCCN.CC.[V]. The molecule has 0 fully saturated rings. The minimum absolute atomic E-state index is 0. The Bertz CT molecular complexity index is 64.9. The van der Waals surface area contributed by atoms with Crippen molar-refractivity contribution in [1.82, 2.24) is 0 Å². The molecule has 0 spiro atoms. The molecule has 2 N–H and O–H groups in total. The maximum Gasteiger partial charge on any atom is 0 e. The molecular formula is C10H23NV. The number of hydrogen-bond donors (Lipinski definition) is 1. The molecule has 0 unspecified atom stereocenters. The van der Waals surface area contributed by atoms with Gasteiger partial charge in [0, 0.05) is 18.6 Å². The molecular weight excluding hydrogens is 185 g/mol. The standard InChI is InChI=1S/C8H17N.C2H6.V/c1-2-3-4-5-6-7-8-9;1-2;/h2H,1,3-9H2;1-2H3;. The summed E-state index contributed by atoms with van der Waals surface area (Å²) in [5.74, 6) is 0. The van der Waals surface area contributed by atoms with Crippen LogP contribution in [0.3, 0.4) is 0 Å². The van der Waals surface area contributed by atoms with Crippen LogP contribution in [0.2, 0.25) is 0 Å². The van der Waals surface area contributed by atoms with Crippen molar-refractivity contribution in [1.29, 1.82) is 0 Å². The quantitative estimate of drug-likeness (QED) is 0.526. The van der Waals surface area contributed by atoms with E-state index in [-0.39, 0.29) is 18.6 Å². The summed E-state index contributed by atoms with van der Waals surface area (Å²) in [7, 11) is 0. The van der Waals surface area contributed by atoms with Crippen LogP contribution < -0.4 is 5.73 Å². The van der Waals surface area contributed by atoms with Crippen molar-refractivity contribution in [3.63, 3.8) is 0 Å². The molecule has 0 aromatic rings. The third-order valence-corrected chi connectivity index (χ3v) is 1.36.